The van der Waals surface area contributed by atoms with Crippen LogP contribution >= 0.6 is 11.6 Å². The lowest BCUT2D eigenvalue weighted by molar-refractivity contribution is 0.0725. The van der Waals surface area contributed by atoms with E-state index in [1.54, 1.807) is 41.3 Å². The molecule has 12 heteroatoms. The summed E-state index contributed by atoms with van der Waals surface area (Å²) in [4.78, 5) is 34.1. The molecule has 10 nitrogen and oxygen atoms in total. The summed E-state index contributed by atoms with van der Waals surface area (Å²) in [6.45, 7) is 5.41. The lowest BCUT2D eigenvalue weighted by atomic mass is 10.0. The highest BCUT2D eigenvalue weighted by Gasteiger charge is 2.37. The topological polar surface area (TPSA) is 126 Å². The smallest absolute Gasteiger partial charge is 0.270 e. The molecular formula is C28H27ClFN7O3. The number of nitrogens with zero attached hydrogens (tertiary/aromatic N) is 5. The van der Waals surface area contributed by atoms with Crippen molar-refractivity contribution >= 4 is 34.9 Å². The summed E-state index contributed by atoms with van der Waals surface area (Å²) in [6, 6.07) is 15.7. The number of nitriles is 1. The maximum Gasteiger partial charge on any atom is 0.270 e. The van der Waals surface area contributed by atoms with Gasteiger partial charge in [0.2, 0.25) is 17.9 Å². The molecule has 4 rings (SSSR count). The predicted octanol–water partition coefficient (Wildman–Crippen LogP) is 4.34. The van der Waals surface area contributed by atoms with Crippen molar-refractivity contribution in [3.63, 3.8) is 0 Å². The van der Waals surface area contributed by atoms with Crippen molar-refractivity contribution in [3.05, 3.63) is 92.9 Å². The number of guanidine groups is 1. The van der Waals surface area contributed by atoms with E-state index < -0.39 is 18.0 Å². The maximum absolute atomic E-state index is 13.6. The summed E-state index contributed by atoms with van der Waals surface area (Å²) in [5, 5.41) is 18.9. The molecule has 2 unspecified atom stereocenters. The second-order valence-electron chi connectivity index (χ2n) is 8.90. The molecule has 40 heavy (non-hydrogen) atoms. The number of aromatic amines is 1. The van der Waals surface area contributed by atoms with Gasteiger partial charge in [-0.15, -0.1) is 0 Å². The summed E-state index contributed by atoms with van der Waals surface area (Å²) in [5.74, 6) is -0.0232. The van der Waals surface area contributed by atoms with Gasteiger partial charge in [0.25, 0.3) is 5.91 Å². The minimum atomic E-state index is -1.51. The van der Waals surface area contributed by atoms with E-state index in [-0.39, 0.29) is 29.9 Å². The number of aliphatic imine (C=N–C) groups is 1. The van der Waals surface area contributed by atoms with Crippen molar-refractivity contribution in [2.24, 2.45) is 10.1 Å². The van der Waals surface area contributed by atoms with Gasteiger partial charge in [0.05, 0.1) is 24.0 Å². The van der Waals surface area contributed by atoms with Crippen LogP contribution in [0.25, 0.3) is 0 Å². The zero-order valence-corrected chi connectivity index (χ0v) is 22.8. The molecule has 0 bridgehead atoms. The van der Waals surface area contributed by atoms with E-state index in [0.717, 1.165) is 11.1 Å². The van der Waals surface area contributed by atoms with Gasteiger partial charge in [0.1, 0.15) is 11.4 Å². The van der Waals surface area contributed by atoms with E-state index in [9.17, 15) is 19.2 Å². The second kappa shape index (κ2) is 12.4. The lowest BCUT2D eigenvalue weighted by Gasteiger charge is -2.29. The van der Waals surface area contributed by atoms with Gasteiger partial charge in [-0.05, 0) is 49.7 Å². The molecule has 2 atom stereocenters. The van der Waals surface area contributed by atoms with Crippen LogP contribution < -0.4 is 15.6 Å². The summed E-state index contributed by atoms with van der Waals surface area (Å²) in [6.07, 6.45) is 0.363. The van der Waals surface area contributed by atoms with Crippen molar-refractivity contribution in [2.45, 2.75) is 33.2 Å². The number of ether oxygens (including phenoxy) is 1. The van der Waals surface area contributed by atoms with Crippen molar-refractivity contribution in [1.29, 1.82) is 5.26 Å². The zero-order valence-electron chi connectivity index (χ0n) is 22.1. The van der Waals surface area contributed by atoms with Gasteiger partial charge in [-0.3, -0.25) is 14.9 Å². The molecule has 1 aliphatic heterocycles. The van der Waals surface area contributed by atoms with Gasteiger partial charge in [-0.1, -0.05) is 29.8 Å². The zero-order chi connectivity index (χ0) is 28.8. The quantitative estimate of drug-likeness (QED) is 0.191. The summed E-state index contributed by atoms with van der Waals surface area (Å²) in [7, 11) is 0. The number of benzene rings is 2. The number of carbonyl (C=O) groups is 1. The summed E-state index contributed by atoms with van der Waals surface area (Å²) in [5.41, 5.74) is 2.24. The number of aryl methyl sites for hydroxylation is 1. The number of likely N-dealkylation sites (N-methyl/N-ethyl adjacent to an activating group) is 1. The van der Waals surface area contributed by atoms with Crippen LogP contribution in [0.3, 0.4) is 0 Å². The number of alkyl halides is 1. The largest absolute Gasteiger partial charge is 0.461 e. The first-order valence-electron chi connectivity index (χ1n) is 12.5. The third-order valence-electron chi connectivity index (χ3n) is 6.08. The number of hydrazone groups is 1. The fourth-order valence-corrected chi connectivity index (χ4v) is 4.41. The molecule has 0 aliphatic carbocycles. The SMILES string of the molecule is CCN(C(=O)c1cccc(=O)[nH]1)C1CN(C(=Nc2cccc(OC(C)F)c2)NC#N)N=C1c1ccc(Cl)c(C)c1. The van der Waals surface area contributed by atoms with E-state index in [1.165, 1.54) is 30.1 Å². The first-order valence-corrected chi connectivity index (χ1v) is 12.9. The van der Waals surface area contributed by atoms with Gasteiger partial charge in [-0.2, -0.15) is 10.4 Å². The Morgan fingerprint density at radius 2 is 2.10 bits per heavy atom. The molecule has 1 aromatic heterocycles. The van der Waals surface area contributed by atoms with Gasteiger partial charge in [0.15, 0.2) is 6.19 Å². The highest BCUT2D eigenvalue weighted by molar-refractivity contribution is 6.31. The Morgan fingerprint density at radius 1 is 1.32 bits per heavy atom. The van der Waals surface area contributed by atoms with Gasteiger partial charge < -0.3 is 14.6 Å². The van der Waals surface area contributed by atoms with Gasteiger partial charge in [0, 0.05) is 36.2 Å². The predicted molar refractivity (Wildman–Crippen MR) is 150 cm³/mol. The molecule has 1 amide bonds. The molecule has 2 heterocycles. The lowest BCUT2D eigenvalue weighted by Crippen LogP contribution is -2.48. The molecule has 206 valence electrons. The van der Waals surface area contributed by atoms with Crippen LogP contribution in [0.1, 0.15) is 35.5 Å². The van der Waals surface area contributed by atoms with E-state index in [4.69, 9.17) is 21.4 Å². The normalized spacial score (nSPS) is 15.7. The standard InChI is InChI=1S/C28H27ClFN7O3/c1-4-36(27(39)23-9-6-10-25(38)34-23)24-15-37(35-26(24)19-11-12-22(29)17(2)13-19)28(32-16-31)33-20-7-5-8-21(14-20)40-18(3)30/h5-14,18,24H,4,15H2,1-3H3,(H,32,33)(H,34,38). The molecule has 0 fully saturated rings. The Labute approximate surface area is 235 Å². The van der Waals surface area contributed by atoms with Crippen molar-refractivity contribution < 1.29 is 13.9 Å². The maximum atomic E-state index is 13.6. The summed E-state index contributed by atoms with van der Waals surface area (Å²) >= 11 is 6.27. The summed E-state index contributed by atoms with van der Waals surface area (Å²) < 4.78 is 18.5. The average molecular weight is 564 g/mol. The number of rotatable bonds is 7. The van der Waals surface area contributed by atoms with Crippen LogP contribution in [0.5, 0.6) is 5.75 Å². The number of pyridine rings is 1. The number of carbonyl (C=O) groups excluding carboxylic acids is 1. The Balaban J connectivity index is 1.77. The number of halogens is 2. The molecule has 0 saturated heterocycles. The van der Waals surface area contributed by atoms with Crippen molar-refractivity contribution in [3.8, 4) is 11.9 Å². The third kappa shape index (κ3) is 6.47. The van der Waals surface area contributed by atoms with Crippen LogP contribution in [-0.2, 0) is 0 Å². The molecule has 0 saturated carbocycles. The molecule has 0 radical (unpaired) electrons. The van der Waals surface area contributed by atoms with E-state index in [2.05, 4.69) is 15.3 Å². The number of H-pyrrole nitrogens is 1. The van der Waals surface area contributed by atoms with Crippen LogP contribution in [0.4, 0.5) is 10.1 Å². The number of amides is 1. The number of hydrogen-bond donors (Lipinski definition) is 2. The van der Waals surface area contributed by atoms with E-state index >= 15 is 0 Å². The molecule has 2 aromatic carbocycles. The minimum Gasteiger partial charge on any atom is -0.461 e. The molecule has 3 aromatic rings. The number of nitrogens with one attached hydrogen (secondary N) is 2. The second-order valence-corrected chi connectivity index (χ2v) is 9.30. The molecule has 1 aliphatic rings. The highest BCUT2D eigenvalue weighted by atomic mass is 35.5. The molecule has 2 N–H and O–H groups in total. The Kier molecular flexibility index (Phi) is 8.81. The highest BCUT2D eigenvalue weighted by Crippen LogP contribution is 2.26. The Morgan fingerprint density at radius 3 is 2.77 bits per heavy atom. The van der Waals surface area contributed by atoms with E-state index in [0.29, 0.717) is 23.0 Å². The first-order chi connectivity index (χ1) is 19.2. The molecular weight excluding hydrogens is 537 g/mol. The fraction of sp³-hybridized carbons (Fsp3) is 0.250. The van der Waals surface area contributed by atoms with Crippen molar-refractivity contribution in [2.75, 3.05) is 13.1 Å². The third-order valence-corrected chi connectivity index (χ3v) is 6.51. The minimum absolute atomic E-state index is 0.0928. The van der Waals surface area contributed by atoms with Gasteiger partial charge in [-0.25, -0.2) is 14.4 Å². The molecule has 0 spiro atoms. The Bertz CT molecular complexity index is 1560. The average Bonchev–Trinajstić information content (AvgIpc) is 3.35. The number of aromatic nitrogens is 1. The number of hydrogen-bond acceptors (Lipinski definition) is 6. The fourth-order valence-electron chi connectivity index (χ4n) is 4.29. The van der Waals surface area contributed by atoms with Crippen LogP contribution in [0.2, 0.25) is 5.02 Å². The first kappa shape index (κ1) is 28.3. The van der Waals surface area contributed by atoms with E-state index in [1.807, 2.05) is 26.1 Å². The van der Waals surface area contributed by atoms with Gasteiger partial charge >= 0.3 is 0 Å². The monoisotopic (exact) mass is 563 g/mol. The van der Waals surface area contributed by atoms with Crippen molar-refractivity contribution in [1.82, 2.24) is 20.2 Å². The van der Waals surface area contributed by atoms with Crippen LogP contribution in [0.15, 0.2) is 75.6 Å². The van der Waals surface area contributed by atoms with Crippen LogP contribution in [-0.4, -0.2) is 58.0 Å². The Hall–Kier alpha value is -4.69. The van der Waals surface area contributed by atoms with Crippen LogP contribution in [0, 0.1) is 18.4 Å².